The van der Waals surface area contributed by atoms with Gasteiger partial charge >= 0.3 is 5.97 Å². The molecule has 2 rings (SSSR count). The molecule has 2 N–H and O–H groups in total. The Morgan fingerprint density at radius 1 is 1.38 bits per heavy atom. The van der Waals surface area contributed by atoms with Crippen molar-refractivity contribution >= 4 is 35.1 Å². The van der Waals surface area contributed by atoms with Crippen LogP contribution >= 0.6 is 23.2 Å². The number of hydrogen-bond acceptors (Lipinski definition) is 2. The predicted molar refractivity (Wildman–Crippen MR) is 81.7 cm³/mol. The lowest BCUT2D eigenvalue weighted by molar-refractivity contribution is -0.152. The fourth-order valence-corrected chi connectivity index (χ4v) is 2.88. The third kappa shape index (κ3) is 3.50. The van der Waals surface area contributed by atoms with E-state index in [1.54, 1.807) is 25.1 Å². The maximum Gasteiger partial charge on any atom is 0.329 e. The van der Waals surface area contributed by atoms with Gasteiger partial charge in [0.25, 0.3) is 0 Å². The number of halogens is 2. The Balaban J connectivity index is 2.01. The van der Waals surface area contributed by atoms with Crippen molar-refractivity contribution in [3.63, 3.8) is 0 Å². The zero-order valence-corrected chi connectivity index (χ0v) is 13.2. The first-order valence-corrected chi connectivity index (χ1v) is 7.59. The largest absolute Gasteiger partial charge is 0.480 e. The van der Waals surface area contributed by atoms with Crippen LogP contribution in [0.25, 0.3) is 0 Å². The minimum absolute atomic E-state index is 0.261. The summed E-state index contributed by atoms with van der Waals surface area (Å²) in [5.74, 6) is -1.58. The van der Waals surface area contributed by atoms with Gasteiger partial charge in [-0.2, -0.15) is 0 Å². The van der Waals surface area contributed by atoms with E-state index in [0.29, 0.717) is 29.3 Å². The Morgan fingerprint density at radius 3 is 2.52 bits per heavy atom. The Morgan fingerprint density at radius 2 is 2.05 bits per heavy atom. The summed E-state index contributed by atoms with van der Waals surface area (Å²) < 4.78 is 0. The summed E-state index contributed by atoms with van der Waals surface area (Å²) in [5.41, 5.74) is -0.253. The second-order valence-electron chi connectivity index (χ2n) is 5.57. The molecule has 6 heteroatoms. The molecule has 0 radical (unpaired) electrons. The highest BCUT2D eigenvalue weighted by molar-refractivity contribution is 6.35. The van der Waals surface area contributed by atoms with E-state index in [2.05, 4.69) is 5.32 Å². The van der Waals surface area contributed by atoms with Crippen LogP contribution in [0.1, 0.15) is 31.7 Å². The molecule has 1 unspecified atom stereocenters. The van der Waals surface area contributed by atoms with Crippen molar-refractivity contribution in [2.45, 2.75) is 38.1 Å². The van der Waals surface area contributed by atoms with Gasteiger partial charge in [0.2, 0.25) is 5.91 Å². The fraction of sp³-hybridized carbons (Fsp3) is 0.467. The number of amides is 1. The molecule has 1 amide bonds. The molecule has 0 bridgehead atoms. The molecule has 0 aliphatic heterocycles. The van der Waals surface area contributed by atoms with Crippen LogP contribution in [0.15, 0.2) is 18.2 Å². The van der Waals surface area contributed by atoms with Crippen LogP contribution in [0.5, 0.6) is 0 Å². The van der Waals surface area contributed by atoms with Gasteiger partial charge < -0.3 is 10.4 Å². The number of nitrogens with one attached hydrogen (secondary N) is 1. The zero-order chi connectivity index (χ0) is 15.6. The summed E-state index contributed by atoms with van der Waals surface area (Å²) in [5, 5.41) is 13.0. The van der Waals surface area contributed by atoms with Gasteiger partial charge in [-0.05, 0) is 43.4 Å². The van der Waals surface area contributed by atoms with Gasteiger partial charge in [-0.1, -0.05) is 36.2 Å². The summed E-state index contributed by atoms with van der Waals surface area (Å²) in [6.45, 7) is 1.76. The smallest absolute Gasteiger partial charge is 0.329 e. The summed E-state index contributed by atoms with van der Waals surface area (Å²) in [4.78, 5) is 23.5. The highest BCUT2D eigenvalue weighted by Gasteiger charge is 2.46. The molecule has 1 aromatic rings. The van der Waals surface area contributed by atoms with Crippen LogP contribution in [-0.2, 0) is 16.0 Å². The SMILES string of the molecule is CC(Cc1ccc(Cl)cc1Cl)C(=O)NC1(C(=O)O)CCC1. The number of carbonyl (C=O) groups excluding carboxylic acids is 1. The molecular formula is C15H17Cl2NO3. The quantitative estimate of drug-likeness (QED) is 0.870. The lowest BCUT2D eigenvalue weighted by Gasteiger charge is -2.39. The molecule has 1 saturated carbocycles. The van der Waals surface area contributed by atoms with Gasteiger partial charge in [-0.3, -0.25) is 4.79 Å². The van der Waals surface area contributed by atoms with E-state index < -0.39 is 11.5 Å². The van der Waals surface area contributed by atoms with Crippen molar-refractivity contribution in [1.29, 1.82) is 0 Å². The monoisotopic (exact) mass is 329 g/mol. The van der Waals surface area contributed by atoms with Crippen LogP contribution in [-0.4, -0.2) is 22.5 Å². The second-order valence-corrected chi connectivity index (χ2v) is 6.41. The summed E-state index contributed by atoms with van der Waals surface area (Å²) in [7, 11) is 0. The summed E-state index contributed by atoms with van der Waals surface area (Å²) in [6, 6.07) is 5.14. The average Bonchev–Trinajstić information content (AvgIpc) is 2.36. The molecule has 0 spiro atoms. The minimum atomic E-state index is -1.07. The Bertz CT molecular complexity index is 570. The number of rotatable bonds is 5. The van der Waals surface area contributed by atoms with Crippen LogP contribution in [0.4, 0.5) is 0 Å². The highest BCUT2D eigenvalue weighted by atomic mass is 35.5. The van der Waals surface area contributed by atoms with E-state index in [1.165, 1.54) is 0 Å². The molecule has 114 valence electrons. The Hall–Kier alpha value is -1.26. The summed E-state index contributed by atoms with van der Waals surface area (Å²) in [6.07, 6.45) is 2.24. The van der Waals surface area contributed by atoms with E-state index in [9.17, 15) is 14.7 Å². The number of carboxylic acids is 1. The number of hydrogen-bond donors (Lipinski definition) is 2. The molecule has 1 fully saturated rings. The van der Waals surface area contributed by atoms with Gasteiger partial charge in [0.15, 0.2) is 0 Å². The average molecular weight is 330 g/mol. The number of aliphatic carboxylic acids is 1. The van der Waals surface area contributed by atoms with E-state index in [0.717, 1.165) is 12.0 Å². The molecule has 1 aliphatic carbocycles. The lowest BCUT2D eigenvalue weighted by atomic mass is 9.76. The standard InChI is InChI=1S/C15H17Cl2NO3/c1-9(7-10-3-4-11(16)8-12(10)17)13(19)18-15(14(20)21)5-2-6-15/h3-4,8-9H,2,5-7H2,1H3,(H,18,19)(H,20,21). The number of carbonyl (C=O) groups is 2. The Kier molecular flexibility index (Phi) is 4.79. The number of carboxylic acid groups (broad SMARTS) is 1. The first-order chi connectivity index (χ1) is 9.84. The number of benzene rings is 1. The predicted octanol–water partition coefficient (Wildman–Crippen LogP) is 3.30. The van der Waals surface area contributed by atoms with Crippen LogP contribution in [0.3, 0.4) is 0 Å². The van der Waals surface area contributed by atoms with Crippen molar-refractivity contribution in [2.24, 2.45) is 5.92 Å². The molecule has 0 saturated heterocycles. The highest BCUT2D eigenvalue weighted by Crippen LogP contribution is 2.32. The maximum atomic E-state index is 12.2. The zero-order valence-electron chi connectivity index (χ0n) is 11.7. The van der Waals surface area contributed by atoms with Crippen LogP contribution in [0.2, 0.25) is 10.0 Å². The molecule has 1 aromatic carbocycles. The first kappa shape index (κ1) is 16.1. The topological polar surface area (TPSA) is 66.4 Å². The van der Waals surface area contributed by atoms with E-state index in [-0.39, 0.29) is 11.8 Å². The van der Waals surface area contributed by atoms with Gasteiger partial charge in [-0.15, -0.1) is 0 Å². The van der Waals surface area contributed by atoms with Gasteiger partial charge in [0.05, 0.1) is 0 Å². The van der Waals surface area contributed by atoms with Crippen molar-refractivity contribution in [3.8, 4) is 0 Å². The molecule has 1 aliphatic rings. The van der Waals surface area contributed by atoms with E-state index >= 15 is 0 Å². The molecule has 0 heterocycles. The van der Waals surface area contributed by atoms with Gasteiger partial charge in [0.1, 0.15) is 5.54 Å². The van der Waals surface area contributed by atoms with Crippen molar-refractivity contribution in [1.82, 2.24) is 5.32 Å². The molecular weight excluding hydrogens is 313 g/mol. The molecule has 4 nitrogen and oxygen atoms in total. The second kappa shape index (κ2) is 6.24. The van der Waals surface area contributed by atoms with E-state index in [1.807, 2.05) is 0 Å². The molecule has 21 heavy (non-hydrogen) atoms. The van der Waals surface area contributed by atoms with Crippen molar-refractivity contribution in [2.75, 3.05) is 0 Å². The first-order valence-electron chi connectivity index (χ1n) is 6.83. The third-order valence-electron chi connectivity index (χ3n) is 3.97. The third-order valence-corrected chi connectivity index (χ3v) is 4.55. The maximum absolute atomic E-state index is 12.2. The minimum Gasteiger partial charge on any atom is -0.480 e. The van der Waals surface area contributed by atoms with Crippen molar-refractivity contribution < 1.29 is 14.7 Å². The molecule has 1 atom stereocenters. The Labute approximate surface area is 133 Å². The van der Waals surface area contributed by atoms with Crippen LogP contribution < -0.4 is 5.32 Å². The van der Waals surface area contributed by atoms with Gasteiger partial charge in [-0.25, -0.2) is 4.79 Å². The van der Waals surface area contributed by atoms with Crippen LogP contribution in [0, 0.1) is 5.92 Å². The normalized spacial score (nSPS) is 17.7. The van der Waals surface area contributed by atoms with Crippen molar-refractivity contribution in [3.05, 3.63) is 33.8 Å². The summed E-state index contributed by atoms with van der Waals surface area (Å²) >= 11 is 11.9. The lowest BCUT2D eigenvalue weighted by Crippen LogP contribution is -2.60. The molecule has 0 aromatic heterocycles. The fourth-order valence-electron chi connectivity index (χ4n) is 2.39. The van der Waals surface area contributed by atoms with E-state index in [4.69, 9.17) is 23.2 Å². The van der Waals surface area contributed by atoms with Gasteiger partial charge in [0, 0.05) is 16.0 Å².